The van der Waals surface area contributed by atoms with Gasteiger partial charge in [0.25, 0.3) is 5.91 Å². The summed E-state index contributed by atoms with van der Waals surface area (Å²) in [4.78, 5) is 30.7. The molecule has 1 aromatic carbocycles. The molecular formula is C19H23N3O4S. The standard InChI is InChI=1S/C19H23N3O4S/c1-13-12-27-19(20-13)21-17(23)9-10-22(14-7-8-14)18(24)11-26-16-6-4-3-5-15(16)25-2/h3-6,12,14H,7-11H2,1-2H3,(H,20,21,23). The summed E-state index contributed by atoms with van der Waals surface area (Å²) in [6, 6.07) is 7.41. The van der Waals surface area contributed by atoms with Gasteiger partial charge < -0.3 is 19.7 Å². The van der Waals surface area contributed by atoms with E-state index in [0.29, 0.717) is 23.2 Å². The number of anilines is 1. The monoisotopic (exact) mass is 389 g/mol. The molecule has 1 heterocycles. The fourth-order valence-electron chi connectivity index (χ4n) is 2.67. The third-order valence-corrected chi connectivity index (χ3v) is 5.05. The van der Waals surface area contributed by atoms with Crippen molar-refractivity contribution in [3.8, 4) is 11.5 Å². The zero-order chi connectivity index (χ0) is 19.2. The minimum absolute atomic E-state index is 0.0792. The van der Waals surface area contributed by atoms with Crippen molar-refractivity contribution in [3.63, 3.8) is 0 Å². The second kappa shape index (κ2) is 8.85. The molecule has 27 heavy (non-hydrogen) atoms. The highest BCUT2D eigenvalue weighted by atomic mass is 32.1. The summed E-state index contributed by atoms with van der Waals surface area (Å²) >= 11 is 1.39. The van der Waals surface area contributed by atoms with Gasteiger partial charge in [-0.25, -0.2) is 4.98 Å². The summed E-state index contributed by atoms with van der Waals surface area (Å²) < 4.78 is 10.9. The lowest BCUT2D eigenvalue weighted by Gasteiger charge is -2.22. The zero-order valence-corrected chi connectivity index (χ0v) is 16.3. The summed E-state index contributed by atoms with van der Waals surface area (Å²) in [6.07, 6.45) is 2.16. The second-order valence-electron chi connectivity index (χ2n) is 6.35. The molecule has 1 aliphatic carbocycles. The Balaban J connectivity index is 1.50. The lowest BCUT2D eigenvalue weighted by Crippen LogP contribution is -2.38. The number of nitrogens with zero attached hydrogens (tertiary/aromatic N) is 2. The quantitative estimate of drug-likeness (QED) is 0.713. The van der Waals surface area contributed by atoms with Gasteiger partial charge in [-0.1, -0.05) is 12.1 Å². The molecule has 2 amide bonds. The first kappa shape index (κ1) is 19.2. The van der Waals surface area contributed by atoms with E-state index in [0.717, 1.165) is 18.5 Å². The maximum atomic E-state index is 12.6. The van der Waals surface area contributed by atoms with Crippen LogP contribution in [0.2, 0.25) is 0 Å². The lowest BCUT2D eigenvalue weighted by atomic mass is 10.3. The Morgan fingerprint density at radius 2 is 2.04 bits per heavy atom. The average molecular weight is 389 g/mol. The molecule has 2 aromatic rings. The van der Waals surface area contributed by atoms with Gasteiger partial charge >= 0.3 is 0 Å². The van der Waals surface area contributed by atoms with Gasteiger partial charge in [0.15, 0.2) is 23.2 Å². The Morgan fingerprint density at radius 1 is 1.30 bits per heavy atom. The Morgan fingerprint density at radius 3 is 2.67 bits per heavy atom. The van der Waals surface area contributed by atoms with Crippen molar-refractivity contribution in [1.29, 1.82) is 0 Å². The molecule has 1 aromatic heterocycles. The van der Waals surface area contributed by atoms with Crippen molar-refractivity contribution in [1.82, 2.24) is 9.88 Å². The van der Waals surface area contributed by atoms with E-state index in [4.69, 9.17) is 9.47 Å². The van der Waals surface area contributed by atoms with Gasteiger partial charge in [0.2, 0.25) is 5.91 Å². The Labute approximate surface area is 162 Å². The van der Waals surface area contributed by atoms with E-state index < -0.39 is 0 Å². The van der Waals surface area contributed by atoms with E-state index in [9.17, 15) is 9.59 Å². The number of carbonyl (C=O) groups is 2. The van der Waals surface area contributed by atoms with Crippen LogP contribution in [0.1, 0.15) is 25.0 Å². The number of aryl methyl sites for hydroxylation is 1. The van der Waals surface area contributed by atoms with E-state index in [1.54, 1.807) is 24.1 Å². The minimum atomic E-state index is -0.145. The lowest BCUT2D eigenvalue weighted by molar-refractivity contribution is -0.134. The number of thiazole rings is 1. The maximum Gasteiger partial charge on any atom is 0.260 e. The number of amides is 2. The summed E-state index contributed by atoms with van der Waals surface area (Å²) in [6.45, 7) is 2.17. The number of carbonyl (C=O) groups excluding carboxylic acids is 2. The van der Waals surface area contributed by atoms with Crippen LogP contribution >= 0.6 is 11.3 Å². The van der Waals surface area contributed by atoms with Gasteiger partial charge in [0.1, 0.15) is 0 Å². The number of aromatic nitrogens is 1. The largest absolute Gasteiger partial charge is 0.493 e. The molecule has 0 atom stereocenters. The van der Waals surface area contributed by atoms with E-state index in [1.165, 1.54) is 11.3 Å². The highest BCUT2D eigenvalue weighted by molar-refractivity contribution is 7.13. The van der Waals surface area contributed by atoms with Crippen molar-refractivity contribution in [2.24, 2.45) is 0 Å². The van der Waals surface area contributed by atoms with Crippen molar-refractivity contribution >= 4 is 28.3 Å². The first-order valence-corrected chi connectivity index (χ1v) is 9.72. The molecule has 144 valence electrons. The number of rotatable bonds is 9. The number of hydrogen-bond donors (Lipinski definition) is 1. The van der Waals surface area contributed by atoms with Gasteiger partial charge in [-0.05, 0) is 31.9 Å². The zero-order valence-electron chi connectivity index (χ0n) is 15.4. The highest BCUT2D eigenvalue weighted by Crippen LogP contribution is 2.29. The average Bonchev–Trinajstić information content (AvgIpc) is 3.42. The molecule has 3 rings (SSSR count). The molecule has 0 unspecified atom stereocenters. The van der Waals surface area contributed by atoms with Crippen LogP contribution in [0, 0.1) is 6.92 Å². The summed E-state index contributed by atoms with van der Waals surface area (Å²) in [5.74, 6) is 0.845. The number of ether oxygens (including phenoxy) is 2. The summed E-state index contributed by atoms with van der Waals surface area (Å²) in [5.41, 5.74) is 0.874. The van der Waals surface area contributed by atoms with Gasteiger partial charge in [0.05, 0.1) is 12.8 Å². The number of nitrogens with one attached hydrogen (secondary N) is 1. The molecular weight excluding hydrogens is 366 g/mol. The third-order valence-electron chi connectivity index (χ3n) is 4.17. The molecule has 8 heteroatoms. The number of benzene rings is 1. The second-order valence-corrected chi connectivity index (χ2v) is 7.21. The van der Waals surface area contributed by atoms with Gasteiger partial charge in [-0.2, -0.15) is 0 Å². The third kappa shape index (κ3) is 5.43. The summed E-state index contributed by atoms with van der Waals surface area (Å²) in [5, 5.41) is 5.24. The maximum absolute atomic E-state index is 12.6. The van der Waals surface area contributed by atoms with E-state index >= 15 is 0 Å². The number of para-hydroxylation sites is 2. The topological polar surface area (TPSA) is 80.8 Å². The fourth-order valence-corrected chi connectivity index (χ4v) is 3.38. The summed E-state index contributed by atoms with van der Waals surface area (Å²) in [7, 11) is 1.56. The van der Waals surface area contributed by atoms with Gasteiger partial charge in [-0.15, -0.1) is 11.3 Å². The van der Waals surface area contributed by atoms with Crippen LogP contribution in [0.4, 0.5) is 5.13 Å². The number of hydrogen-bond acceptors (Lipinski definition) is 6. The van der Waals surface area contributed by atoms with Crippen molar-refractivity contribution in [2.45, 2.75) is 32.2 Å². The van der Waals surface area contributed by atoms with Crippen LogP contribution in [0.3, 0.4) is 0 Å². The van der Waals surface area contributed by atoms with Crippen LogP contribution in [0.25, 0.3) is 0 Å². The Kier molecular flexibility index (Phi) is 6.28. The van der Waals surface area contributed by atoms with E-state index in [1.807, 2.05) is 24.4 Å². The number of methoxy groups -OCH3 is 1. The molecule has 0 radical (unpaired) electrons. The minimum Gasteiger partial charge on any atom is -0.493 e. The van der Waals surface area contributed by atoms with Crippen molar-refractivity contribution < 1.29 is 19.1 Å². The Bertz CT molecular complexity index is 804. The van der Waals surface area contributed by atoms with Crippen LogP contribution in [0.5, 0.6) is 11.5 Å². The van der Waals surface area contributed by atoms with Crippen molar-refractivity contribution in [3.05, 3.63) is 35.3 Å². The van der Waals surface area contributed by atoms with Crippen LogP contribution in [0.15, 0.2) is 29.6 Å². The van der Waals surface area contributed by atoms with Crippen LogP contribution in [-0.2, 0) is 9.59 Å². The normalized spacial score (nSPS) is 13.1. The molecule has 0 saturated heterocycles. The van der Waals surface area contributed by atoms with Crippen LogP contribution < -0.4 is 14.8 Å². The molecule has 1 saturated carbocycles. The molecule has 1 aliphatic rings. The molecule has 0 spiro atoms. The molecule has 0 bridgehead atoms. The predicted molar refractivity (Wildman–Crippen MR) is 103 cm³/mol. The van der Waals surface area contributed by atoms with E-state index in [2.05, 4.69) is 10.3 Å². The van der Waals surface area contributed by atoms with Crippen LogP contribution in [-0.4, -0.2) is 48.0 Å². The molecule has 0 aliphatic heterocycles. The first-order valence-electron chi connectivity index (χ1n) is 8.84. The smallest absolute Gasteiger partial charge is 0.260 e. The van der Waals surface area contributed by atoms with Gasteiger partial charge in [0, 0.05) is 24.4 Å². The molecule has 1 fully saturated rings. The fraction of sp³-hybridized carbons (Fsp3) is 0.421. The first-order chi connectivity index (χ1) is 13.1. The SMILES string of the molecule is COc1ccccc1OCC(=O)N(CCC(=O)Nc1nc(C)cs1)C1CC1. The van der Waals surface area contributed by atoms with Crippen molar-refractivity contribution in [2.75, 3.05) is 25.6 Å². The molecule has 7 nitrogen and oxygen atoms in total. The van der Waals surface area contributed by atoms with E-state index in [-0.39, 0.29) is 30.9 Å². The van der Waals surface area contributed by atoms with Gasteiger partial charge in [-0.3, -0.25) is 9.59 Å². The molecule has 1 N–H and O–H groups in total. The predicted octanol–water partition coefficient (Wildman–Crippen LogP) is 2.86. The Hall–Kier alpha value is -2.61. The highest BCUT2D eigenvalue weighted by Gasteiger charge is 2.32.